The number of pyridine rings is 1. The Morgan fingerprint density at radius 2 is 2.12 bits per heavy atom. The molecule has 0 radical (unpaired) electrons. The first-order chi connectivity index (χ1) is 15.4. The van der Waals surface area contributed by atoms with E-state index < -0.39 is 0 Å². The number of aliphatic hydroxyl groups excluding tert-OH is 1. The van der Waals surface area contributed by atoms with Gasteiger partial charge in [0, 0.05) is 19.3 Å². The van der Waals surface area contributed by atoms with Crippen LogP contribution >= 0.6 is 24.0 Å². The highest BCUT2D eigenvalue weighted by atomic mass is 32.2. The zero-order valence-corrected chi connectivity index (χ0v) is 20.4. The van der Waals surface area contributed by atoms with Gasteiger partial charge in [0.15, 0.2) is 0 Å². The van der Waals surface area contributed by atoms with Crippen LogP contribution in [-0.2, 0) is 4.79 Å². The fraction of sp³-hybridized carbons (Fsp3) is 0.478. The van der Waals surface area contributed by atoms with Crippen LogP contribution in [0.3, 0.4) is 0 Å². The van der Waals surface area contributed by atoms with Crippen LogP contribution in [0.1, 0.15) is 50.7 Å². The molecule has 1 atom stereocenters. The Hall–Kier alpha value is -2.23. The molecule has 32 heavy (non-hydrogen) atoms. The van der Waals surface area contributed by atoms with Crippen molar-refractivity contribution >= 4 is 51.7 Å². The topological polar surface area (TPSA) is 86.9 Å². The number of thiocarbonyl (C=S) groups is 1. The second-order valence-corrected chi connectivity index (χ2v) is 9.60. The number of nitrogens with zero attached hydrogens (tertiary/aromatic N) is 3. The number of unbranched alkanes of at least 4 members (excludes halogenated alkanes) is 1. The lowest BCUT2D eigenvalue weighted by Crippen LogP contribution is -2.33. The summed E-state index contributed by atoms with van der Waals surface area (Å²) in [7, 11) is 0. The minimum atomic E-state index is -0.279. The summed E-state index contributed by atoms with van der Waals surface area (Å²) in [6.07, 6.45) is 7.54. The molecule has 3 rings (SSSR count). The van der Waals surface area contributed by atoms with Gasteiger partial charge in [-0.3, -0.25) is 18.9 Å². The predicted molar refractivity (Wildman–Crippen MR) is 135 cm³/mol. The highest BCUT2D eigenvalue weighted by Crippen LogP contribution is 2.34. The number of fused-ring (bicyclic) bond motifs is 1. The third-order valence-electron chi connectivity index (χ3n) is 5.62. The van der Waals surface area contributed by atoms with E-state index in [1.165, 1.54) is 16.2 Å². The van der Waals surface area contributed by atoms with Gasteiger partial charge in [0.25, 0.3) is 11.5 Å². The molecule has 0 spiro atoms. The molecule has 0 aromatic carbocycles. The van der Waals surface area contributed by atoms with E-state index >= 15 is 0 Å². The Kier molecular flexibility index (Phi) is 8.44. The van der Waals surface area contributed by atoms with E-state index in [4.69, 9.17) is 12.2 Å². The van der Waals surface area contributed by atoms with Gasteiger partial charge in [-0.05, 0) is 37.0 Å². The first-order valence-electron chi connectivity index (χ1n) is 11.0. The standard InChI is InChI=1S/C23H30N4O3S2/c1-4-6-9-16(5-2)14-27-22(30)18(32-23(27)31)13-17-19(24-10-12-28)25-20-15(3)8-7-11-26(20)21(17)29/h7-8,11,13,16,24,28H,4-6,9-10,12,14H2,1-3H3. The van der Waals surface area contributed by atoms with Crippen molar-refractivity contribution < 1.29 is 9.90 Å². The average molecular weight is 475 g/mol. The van der Waals surface area contributed by atoms with Gasteiger partial charge in [0.2, 0.25) is 0 Å². The summed E-state index contributed by atoms with van der Waals surface area (Å²) in [4.78, 5) is 33.1. The van der Waals surface area contributed by atoms with Crippen molar-refractivity contribution in [3.8, 4) is 0 Å². The van der Waals surface area contributed by atoms with Crippen LogP contribution in [0.2, 0.25) is 0 Å². The number of carbonyl (C=O) groups excluding carboxylic acids is 1. The number of aromatic nitrogens is 2. The molecule has 1 aliphatic rings. The summed E-state index contributed by atoms with van der Waals surface area (Å²) in [5.74, 6) is 0.573. The molecular formula is C23H30N4O3S2. The Bertz CT molecular complexity index is 1100. The molecule has 1 fully saturated rings. The molecule has 2 N–H and O–H groups in total. The van der Waals surface area contributed by atoms with Crippen molar-refractivity contribution in [3.63, 3.8) is 0 Å². The van der Waals surface area contributed by atoms with E-state index in [9.17, 15) is 14.7 Å². The van der Waals surface area contributed by atoms with E-state index in [1.54, 1.807) is 23.2 Å². The number of aryl methyl sites for hydroxylation is 1. The van der Waals surface area contributed by atoms with Crippen LogP contribution < -0.4 is 10.9 Å². The van der Waals surface area contributed by atoms with Crippen molar-refractivity contribution in [2.24, 2.45) is 5.92 Å². The molecule has 1 saturated heterocycles. The van der Waals surface area contributed by atoms with E-state index in [-0.39, 0.29) is 30.2 Å². The van der Waals surface area contributed by atoms with Crippen LogP contribution in [0.15, 0.2) is 28.0 Å². The molecular weight excluding hydrogens is 444 g/mol. The number of nitrogens with one attached hydrogen (secondary N) is 1. The summed E-state index contributed by atoms with van der Waals surface area (Å²) >= 11 is 6.72. The van der Waals surface area contributed by atoms with Crippen molar-refractivity contribution in [2.45, 2.75) is 46.5 Å². The highest BCUT2D eigenvalue weighted by Gasteiger charge is 2.33. The number of carbonyl (C=O) groups is 1. The van der Waals surface area contributed by atoms with E-state index in [0.29, 0.717) is 33.2 Å². The van der Waals surface area contributed by atoms with Crippen molar-refractivity contribution in [1.29, 1.82) is 0 Å². The lowest BCUT2D eigenvalue weighted by Gasteiger charge is -2.21. The number of rotatable bonds is 10. The van der Waals surface area contributed by atoms with Crippen molar-refractivity contribution in [3.05, 3.63) is 44.7 Å². The molecule has 2 aromatic rings. The first-order valence-corrected chi connectivity index (χ1v) is 12.3. The smallest absolute Gasteiger partial charge is 0.267 e. The lowest BCUT2D eigenvalue weighted by atomic mass is 9.99. The molecule has 7 nitrogen and oxygen atoms in total. The SMILES string of the molecule is CCCCC(CC)CN1C(=O)C(=Cc2c(NCCO)nc3c(C)cccn3c2=O)SC1=S. The Labute approximate surface area is 197 Å². The fourth-order valence-corrected chi connectivity index (χ4v) is 4.97. The molecule has 0 aliphatic carbocycles. The Morgan fingerprint density at radius 3 is 2.81 bits per heavy atom. The van der Waals surface area contributed by atoms with Crippen molar-refractivity contribution in [2.75, 3.05) is 25.0 Å². The largest absolute Gasteiger partial charge is 0.395 e. The predicted octanol–water partition coefficient (Wildman–Crippen LogP) is 3.82. The second-order valence-electron chi connectivity index (χ2n) is 7.92. The molecule has 0 bridgehead atoms. The molecule has 1 aliphatic heterocycles. The number of amides is 1. The van der Waals surface area contributed by atoms with Crippen LogP contribution in [-0.4, -0.2) is 49.3 Å². The van der Waals surface area contributed by atoms with Gasteiger partial charge >= 0.3 is 0 Å². The molecule has 1 unspecified atom stereocenters. The maximum atomic E-state index is 13.3. The first kappa shape index (κ1) is 24.4. The number of hydrogen-bond acceptors (Lipinski definition) is 7. The second kappa shape index (κ2) is 11.1. The third-order valence-corrected chi connectivity index (χ3v) is 7.00. The van der Waals surface area contributed by atoms with Gasteiger partial charge in [0.05, 0.1) is 17.1 Å². The maximum absolute atomic E-state index is 13.3. The number of thioether (sulfide) groups is 1. The molecule has 172 valence electrons. The van der Waals surface area contributed by atoms with Gasteiger partial charge in [0.1, 0.15) is 15.8 Å². The van der Waals surface area contributed by atoms with E-state index in [2.05, 4.69) is 24.1 Å². The van der Waals surface area contributed by atoms with Crippen LogP contribution in [0, 0.1) is 12.8 Å². The van der Waals surface area contributed by atoms with Gasteiger partial charge in [-0.2, -0.15) is 0 Å². The minimum absolute atomic E-state index is 0.105. The van der Waals surface area contributed by atoms with Gasteiger partial charge in [-0.15, -0.1) is 0 Å². The molecule has 2 aromatic heterocycles. The lowest BCUT2D eigenvalue weighted by molar-refractivity contribution is -0.122. The average Bonchev–Trinajstić information content (AvgIpc) is 3.04. The summed E-state index contributed by atoms with van der Waals surface area (Å²) in [6, 6.07) is 3.67. The molecule has 0 saturated carbocycles. The summed E-state index contributed by atoms with van der Waals surface area (Å²) in [5, 5.41) is 12.3. The summed E-state index contributed by atoms with van der Waals surface area (Å²) < 4.78 is 2.00. The van der Waals surface area contributed by atoms with E-state index in [0.717, 1.165) is 31.2 Å². The quantitative estimate of drug-likeness (QED) is 0.400. The normalized spacial score (nSPS) is 16.4. The number of hydrogen-bond donors (Lipinski definition) is 2. The zero-order chi connectivity index (χ0) is 23.3. The maximum Gasteiger partial charge on any atom is 0.267 e. The van der Waals surface area contributed by atoms with Crippen molar-refractivity contribution in [1.82, 2.24) is 14.3 Å². The summed E-state index contributed by atoms with van der Waals surface area (Å²) in [6.45, 7) is 6.91. The van der Waals surface area contributed by atoms with Gasteiger partial charge in [-0.1, -0.05) is 63.2 Å². The van der Waals surface area contributed by atoms with Crippen LogP contribution in [0.5, 0.6) is 0 Å². The number of aliphatic hydroxyl groups is 1. The molecule has 9 heteroatoms. The minimum Gasteiger partial charge on any atom is -0.395 e. The zero-order valence-electron chi connectivity index (χ0n) is 18.8. The fourth-order valence-electron chi connectivity index (χ4n) is 3.71. The van der Waals surface area contributed by atoms with Gasteiger partial charge in [-0.25, -0.2) is 4.98 Å². The van der Waals surface area contributed by atoms with Crippen LogP contribution in [0.25, 0.3) is 11.7 Å². The molecule has 1 amide bonds. The number of anilines is 1. The molecule has 3 heterocycles. The highest BCUT2D eigenvalue weighted by molar-refractivity contribution is 8.26. The summed E-state index contributed by atoms with van der Waals surface area (Å²) in [5.41, 5.74) is 1.38. The Morgan fingerprint density at radius 1 is 1.34 bits per heavy atom. The Balaban J connectivity index is 1.99. The van der Waals surface area contributed by atoms with E-state index in [1.807, 2.05) is 13.0 Å². The van der Waals surface area contributed by atoms with Gasteiger partial charge < -0.3 is 10.4 Å². The monoisotopic (exact) mass is 474 g/mol. The van der Waals surface area contributed by atoms with Crippen LogP contribution in [0.4, 0.5) is 5.82 Å². The third kappa shape index (κ3) is 5.22.